The summed E-state index contributed by atoms with van der Waals surface area (Å²) in [6, 6.07) is 59.0. The third-order valence-electron chi connectivity index (χ3n) is 11.4. The molecule has 5 heteroatoms. The van der Waals surface area contributed by atoms with E-state index < -0.39 is 0 Å². The molecule has 0 spiro atoms. The lowest BCUT2D eigenvalue weighted by molar-refractivity contribution is 0.265. The van der Waals surface area contributed by atoms with Gasteiger partial charge < -0.3 is 9.32 Å². The van der Waals surface area contributed by atoms with Crippen LogP contribution in [0, 0.1) is 0 Å². The van der Waals surface area contributed by atoms with Gasteiger partial charge in [0.15, 0.2) is 5.42 Å². The van der Waals surface area contributed by atoms with Crippen molar-refractivity contribution in [2.24, 2.45) is 4.99 Å². The van der Waals surface area contributed by atoms with Gasteiger partial charge in [0, 0.05) is 44.2 Å². The van der Waals surface area contributed by atoms with Crippen molar-refractivity contribution in [2.45, 2.75) is 6.29 Å². The maximum Gasteiger partial charge on any atom is 0.204 e. The molecule has 3 aromatic heterocycles. The van der Waals surface area contributed by atoms with Crippen molar-refractivity contribution in [2.75, 3.05) is 7.05 Å². The van der Waals surface area contributed by atoms with Crippen LogP contribution in [-0.4, -0.2) is 16.5 Å². The predicted octanol–water partition coefficient (Wildman–Crippen LogP) is 11.8. The zero-order valence-electron chi connectivity index (χ0n) is 29.3. The van der Waals surface area contributed by atoms with Crippen molar-refractivity contribution < 1.29 is 4.42 Å². The maximum absolute atomic E-state index is 6.72. The normalized spacial score (nSPS) is 14.6. The lowest BCUT2D eigenvalue weighted by Gasteiger charge is -2.33. The molecule has 0 N–H and O–H groups in total. The Labute approximate surface area is 313 Å². The summed E-state index contributed by atoms with van der Waals surface area (Å²) in [4.78, 5) is 7.96. The van der Waals surface area contributed by atoms with E-state index in [2.05, 4.69) is 168 Å². The molecule has 0 radical (unpaired) electrons. The van der Waals surface area contributed by atoms with E-state index in [9.17, 15) is 0 Å². The van der Waals surface area contributed by atoms with Gasteiger partial charge in [-0.05, 0) is 63.0 Å². The van der Waals surface area contributed by atoms with Crippen LogP contribution in [0.1, 0.15) is 11.9 Å². The van der Waals surface area contributed by atoms with Gasteiger partial charge in [-0.15, -0.1) is 11.3 Å². The number of thiophene rings is 1. The van der Waals surface area contributed by atoms with Crippen molar-refractivity contribution >= 4 is 91.5 Å². The molecular weight excluding hydrogens is 679 g/mol. The van der Waals surface area contributed by atoms with Gasteiger partial charge >= 0.3 is 0 Å². The van der Waals surface area contributed by atoms with E-state index in [4.69, 9.17) is 9.41 Å². The fourth-order valence-corrected chi connectivity index (χ4v) is 10.2. The Morgan fingerprint density at radius 2 is 1.19 bits per heavy atom. The van der Waals surface area contributed by atoms with Crippen LogP contribution >= 0.6 is 11.3 Å². The number of furan rings is 1. The lowest BCUT2D eigenvalue weighted by Crippen LogP contribution is -2.41. The van der Waals surface area contributed by atoms with Crippen LogP contribution in [0.3, 0.4) is 0 Å². The van der Waals surface area contributed by atoms with E-state index >= 15 is 0 Å². The second-order valence-corrected chi connectivity index (χ2v) is 15.4. The van der Waals surface area contributed by atoms with Crippen LogP contribution in [0.4, 0.5) is 0 Å². The molecule has 0 aliphatic carbocycles. The zero-order chi connectivity index (χ0) is 35.5. The number of rotatable bonds is 3. The number of aromatic nitrogens is 1. The lowest BCUT2D eigenvalue weighted by atomic mass is 9.99. The minimum Gasteiger partial charge on any atom is -0.452 e. The van der Waals surface area contributed by atoms with Crippen molar-refractivity contribution in [3.63, 3.8) is 0 Å². The van der Waals surface area contributed by atoms with Crippen molar-refractivity contribution in [1.29, 1.82) is 0 Å². The van der Waals surface area contributed by atoms with Crippen molar-refractivity contribution in [3.05, 3.63) is 180 Å². The van der Waals surface area contributed by atoms with E-state index in [-0.39, 0.29) is 6.29 Å². The summed E-state index contributed by atoms with van der Waals surface area (Å²) < 4.78 is 11.8. The number of fused-ring (bicyclic) bond motifs is 14. The summed E-state index contributed by atoms with van der Waals surface area (Å²) in [7, 11) is 2.17. The maximum atomic E-state index is 6.72. The Morgan fingerprint density at radius 3 is 2.02 bits per heavy atom. The Bertz CT molecular complexity index is 3480. The molecular formula is C49H31N3OS. The molecule has 8 aromatic carbocycles. The first-order chi connectivity index (χ1) is 26.7. The Hall–Kier alpha value is -6.69. The first kappa shape index (κ1) is 29.8. The second-order valence-electron chi connectivity index (χ2n) is 14.3. The average Bonchev–Trinajstić information content (AvgIpc) is 3.91. The summed E-state index contributed by atoms with van der Waals surface area (Å²) in [6.07, 6.45) is -0.384. The highest BCUT2D eigenvalue weighted by molar-refractivity contribution is 7.27. The Kier molecular flexibility index (Phi) is 6.17. The molecule has 4 nitrogen and oxygen atoms in total. The van der Waals surface area contributed by atoms with Gasteiger partial charge in [-0.25, -0.2) is 4.99 Å². The molecule has 1 unspecified atom stereocenters. The minimum atomic E-state index is -0.384. The first-order valence-electron chi connectivity index (χ1n) is 18.4. The van der Waals surface area contributed by atoms with Gasteiger partial charge in [0.05, 0.1) is 21.4 Å². The van der Waals surface area contributed by atoms with Gasteiger partial charge in [0.2, 0.25) is 6.29 Å². The van der Waals surface area contributed by atoms with E-state index in [1.807, 2.05) is 23.5 Å². The fourth-order valence-electron chi connectivity index (χ4n) is 8.95. The van der Waals surface area contributed by atoms with Crippen LogP contribution in [-0.2, 0) is 0 Å². The van der Waals surface area contributed by atoms with Gasteiger partial charge in [0.1, 0.15) is 10.9 Å². The molecule has 11 aromatic rings. The molecule has 0 saturated heterocycles. The van der Waals surface area contributed by atoms with Gasteiger partial charge in [0.25, 0.3) is 0 Å². The largest absolute Gasteiger partial charge is 0.452 e. The van der Waals surface area contributed by atoms with Gasteiger partial charge in [-0.3, -0.25) is 4.57 Å². The van der Waals surface area contributed by atoms with Gasteiger partial charge in [-0.1, -0.05) is 133 Å². The zero-order valence-corrected chi connectivity index (χ0v) is 30.1. The third-order valence-corrected chi connectivity index (χ3v) is 12.6. The first-order valence-corrected chi connectivity index (χ1v) is 19.2. The number of para-hydroxylation sites is 2. The molecule has 54 heavy (non-hydrogen) atoms. The summed E-state index contributed by atoms with van der Waals surface area (Å²) in [5.41, 5.74) is 8.49. The summed E-state index contributed by atoms with van der Waals surface area (Å²) in [5.74, 6) is 0. The van der Waals surface area contributed by atoms with E-state index in [1.165, 1.54) is 69.1 Å². The fraction of sp³-hybridized carbons (Fsp3) is 0.0408. The molecule has 1 aliphatic heterocycles. The molecule has 0 amide bonds. The molecule has 0 saturated carbocycles. The van der Waals surface area contributed by atoms with Crippen molar-refractivity contribution in [3.8, 4) is 11.1 Å². The van der Waals surface area contributed by atoms with Gasteiger partial charge in [-0.2, -0.15) is 0 Å². The summed E-state index contributed by atoms with van der Waals surface area (Å²) in [5, 5.41) is 12.1. The minimum absolute atomic E-state index is 0.384. The molecule has 12 rings (SSSR count). The standard InChI is InChI=1S/C49H31N3OS/c1-51-45(31-25-22-30(23-26-31)33-27-24-29-12-2-3-13-32(29)28-33)47-44(37-17-7-10-20-40(37)53-47)50-49(51)52-39-19-9-6-16-36(39)42-34-14-4-5-15-35(34)43-38-18-8-11-21-41(38)54-48(43)46(42)52/h2-28,49H,1H3. The number of hydrogen-bond acceptors (Lipinski definition) is 4. The Morgan fingerprint density at radius 1 is 0.556 bits per heavy atom. The highest BCUT2D eigenvalue weighted by atomic mass is 32.1. The second kappa shape index (κ2) is 11.2. The molecule has 0 fully saturated rings. The van der Waals surface area contributed by atoms with Crippen molar-refractivity contribution in [1.82, 2.24) is 9.47 Å². The average molecular weight is 710 g/mol. The molecule has 0 bridgehead atoms. The quantitative estimate of drug-likeness (QED) is 0.183. The monoisotopic (exact) mass is 709 g/mol. The molecule has 254 valence electrons. The highest BCUT2D eigenvalue weighted by Gasteiger charge is 2.31. The van der Waals surface area contributed by atoms with E-state index in [1.54, 1.807) is 0 Å². The SMILES string of the molecule is CN1C(c2ccc(-c3ccc4ccccc4c3)cc2)=c2oc3ccccc3c2=NC1n1c2ccccc2c2c3ccccc3c3c4ccccc4sc3c21. The summed E-state index contributed by atoms with van der Waals surface area (Å²) >= 11 is 1.88. The Balaban J connectivity index is 1.14. The van der Waals surface area contributed by atoms with E-state index in [0.717, 1.165) is 38.5 Å². The smallest absolute Gasteiger partial charge is 0.204 e. The summed E-state index contributed by atoms with van der Waals surface area (Å²) in [6.45, 7) is 0. The topological polar surface area (TPSA) is 33.7 Å². The van der Waals surface area contributed by atoms with Crippen LogP contribution in [0.5, 0.6) is 0 Å². The molecule has 1 aliphatic rings. The van der Waals surface area contributed by atoms with Crippen LogP contribution in [0.25, 0.3) is 91.3 Å². The predicted molar refractivity (Wildman–Crippen MR) is 226 cm³/mol. The molecule has 4 heterocycles. The third kappa shape index (κ3) is 4.10. The van der Waals surface area contributed by atoms with Crippen LogP contribution < -0.4 is 10.8 Å². The van der Waals surface area contributed by atoms with Crippen LogP contribution in [0.15, 0.2) is 173 Å². The number of hydrogen-bond donors (Lipinski definition) is 0. The highest BCUT2D eigenvalue weighted by Crippen LogP contribution is 2.48. The van der Waals surface area contributed by atoms with E-state index in [0.29, 0.717) is 0 Å². The van der Waals surface area contributed by atoms with Crippen LogP contribution in [0.2, 0.25) is 0 Å². The number of nitrogens with zero attached hydrogens (tertiary/aromatic N) is 3. The number of benzene rings is 8. The molecule has 1 atom stereocenters.